The molecule has 2 heterocycles. The van der Waals surface area contributed by atoms with E-state index in [2.05, 4.69) is 9.71 Å². The van der Waals surface area contributed by atoms with Gasteiger partial charge in [0, 0.05) is 34.9 Å². The molecule has 0 saturated carbocycles. The van der Waals surface area contributed by atoms with Crippen LogP contribution in [0, 0.1) is 5.82 Å². The van der Waals surface area contributed by atoms with Crippen molar-refractivity contribution in [2.24, 2.45) is 0 Å². The first-order valence-corrected chi connectivity index (χ1v) is 13.8. The van der Waals surface area contributed by atoms with Crippen molar-refractivity contribution < 1.29 is 22.7 Å². The highest BCUT2D eigenvalue weighted by atomic mass is 35.5. The van der Waals surface area contributed by atoms with Crippen molar-refractivity contribution in [1.29, 1.82) is 0 Å². The van der Waals surface area contributed by atoms with Gasteiger partial charge >= 0.3 is 0 Å². The standard InChI is InChI=1S/C25H21ClFN3O4S2/c26-19-4-2-1-3-18(19)25(32)11-13-30(14-12-25)24(31)16-5-7-17(8-6-16)29-36(33,34)21-10-9-20(27)23-22(21)28-15-35-23/h1-10,15,29,32H,11-14H2. The number of anilines is 1. The lowest BCUT2D eigenvalue weighted by molar-refractivity contribution is -0.0210. The number of benzene rings is 3. The average molecular weight is 546 g/mol. The summed E-state index contributed by atoms with van der Waals surface area (Å²) in [6.45, 7) is 0.701. The van der Waals surface area contributed by atoms with Gasteiger partial charge < -0.3 is 10.0 Å². The van der Waals surface area contributed by atoms with Crippen molar-refractivity contribution in [3.05, 3.63) is 88.1 Å². The van der Waals surface area contributed by atoms with Gasteiger partial charge in [0.15, 0.2) is 0 Å². The number of thiazole rings is 1. The van der Waals surface area contributed by atoms with Crippen molar-refractivity contribution in [3.8, 4) is 0 Å². The number of rotatable bonds is 5. The van der Waals surface area contributed by atoms with E-state index >= 15 is 0 Å². The van der Waals surface area contributed by atoms with Crippen LogP contribution in [0.5, 0.6) is 0 Å². The first kappa shape index (κ1) is 24.6. The third kappa shape index (κ3) is 4.57. The quantitative estimate of drug-likeness (QED) is 0.367. The highest BCUT2D eigenvalue weighted by Gasteiger charge is 2.37. The molecule has 0 radical (unpaired) electrons. The summed E-state index contributed by atoms with van der Waals surface area (Å²) in [5, 5.41) is 11.6. The number of nitrogens with zero attached hydrogens (tertiary/aromatic N) is 2. The van der Waals surface area contributed by atoms with E-state index in [1.54, 1.807) is 23.1 Å². The molecule has 0 aliphatic carbocycles. The Bertz CT molecular complexity index is 1550. The summed E-state index contributed by atoms with van der Waals surface area (Å²) in [4.78, 5) is 18.5. The fourth-order valence-electron chi connectivity index (χ4n) is 4.37. The number of carbonyl (C=O) groups excluding carboxylic acids is 1. The molecule has 1 fully saturated rings. The monoisotopic (exact) mass is 545 g/mol. The second kappa shape index (κ2) is 9.44. The molecule has 4 aromatic rings. The number of halogens is 2. The van der Waals surface area contributed by atoms with E-state index in [9.17, 15) is 22.7 Å². The summed E-state index contributed by atoms with van der Waals surface area (Å²) in [6, 6.07) is 15.5. The van der Waals surface area contributed by atoms with Crippen LogP contribution < -0.4 is 4.72 Å². The van der Waals surface area contributed by atoms with Crippen LogP contribution in [0.2, 0.25) is 5.02 Å². The highest BCUT2D eigenvalue weighted by molar-refractivity contribution is 7.93. The molecule has 1 aliphatic heterocycles. The lowest BCUT2D eigenvalue weighted by Crippen LogP contribution is -2.45. The highest BCUT2D eigenvalue weighted by Crippen LogP contribution is 2.37. The third-order valence-corrected chi connectivity index (χ3v) is 8.90. The summed E-state index contributed by atoms with van der Waals surface area (Å²) in [5.74, 6) is -0.745. The maximum Gasteiger partial charge on any atom is 0.264 e. The topological polar surface area (TPSA) is 99.6 Å². The van der Waals surface area contributed by atoms with Gasteiger partial charge in [-0.2, -0.15) is 0 Å². The van der Waals surface area contributed by atoms with Crippen LogP contribution >= 0.6 is 22.9 Å². The van der Waals surface area contributed by atoms with Crippen molar-refractivity contribution >= 4 is 54.8 Å². The Morgan fingerprint density at radius 2 is 1.78 bits per heavy atom. The molecule has 1 aromatic heterocycles. The Labute approximate surface area is 216 Å². The molecular formula is C25H21ClFN3O4S2. The SMILES string of the molecule is O=C(c1ccc(NS(=O)(=O)c2ccc(F)c3scnc23)cc1)N1CCC(O)(c2ccccc2Cl)CC1. The van der Waals surface area contributed by atoms with Gasteiger partial charge in [-0.15, -0.1) is 11.3 Å². The van der Waals surface area contributed by atoms with Crippen molar-refractivity contribution in [3.63, 3.8) is 0 Å². The van der Waals surface area contributed by atoms with E-state index in [-0.39, 0.29) is 26.7 Å². The minimum atomic E-state index is -4.03. The fraction of sp³-hybridized carbons (Fsp3) is 0.200. The van der Waals surface area contributed by atoms with Crippen LogP contribution in [-0.2, 0) is 15.6 Å². The Morgan fingerprint density at radius 3 is 2.47 bits per heavy atom. The van der Waals surface area contributed by atoms with Gasteiger partial charge in [-0.1, -0.05) is 29.8 Å². The van der Waals surface area contributed by atoms with E-state index in [1.807, 2.05) is 6.07 Å². The second-order valence-electron chi connectivity index (χ2n) is 8.56. The fourth-order valence-corrected chi connectivity index (χ4v) is 6.68. The molecule has 0 bridgehead atoms. The van der Waals surface area contributed by atoms with Crippen molar-refractivity contribution in [1.82, 2.24) is 9.88 Å². The maximum atomic E-state index is 13.9. The van der Waals surface area contributed by atoms with Crippen LogP contribution in [0.4, 0.5) is 10.1 Å². The summed E-state index contributed by atoms with van der Waals surface area (Å²) in [7, 11) is -4.03. The molecule has 7 nitrogen and oxygen atoms in total. The first-order valence-electron chi connectivity index (χ1n) is 11.1. The number of hydrogen-bond acceptors (Lipinski definition) is 6. The van der Waals surface area contributed by atoms with Gasteiger partial charge in [-0.3, -0.25) is 9.52 Å². The zero-order chi connectivity index (χ0) is 25.5. The molecule has 1 amide bonds. The van der Waals surface area contributed by atoms with Gasteiger partial charge in [0.1, 0.15) is 16.2 Å². The number of nitrogens with one attached hydrogen (secondary N) is 1. The van der Waals surface area contributed by atoms with Gasteiger partial charge in [0.05, 0.1) is 15.8 Å². The number of sulfonamides is 1. The van der Waals surface area contributed by atoms with Gasteiger partial charge in [0.2, 0.25) is 0 Å². The van der Waals surface area contributed by atoms with E-state index in [0.29, 0.717) is 42.1 Å². The number of fused-ring (bicyclic) bond motifs is 1. The smallest absolute Gasteiger partial charge is 0.264 e. The summed E-state index contributed by atoms with van der Waals surface area (Å²) < 4.78 is 42.4. The average Bonchev–Trinajstić information content (AvgIpc) is 3.35. The number of carbonyl (C=O) groups is 1. The zero-order valence-electron chi connectivity index (χ0n) is 18.8. The van der Waals surface area contributed by atoms with Gasteiger partial charge in [-0.05, 0) is 55.3 Å². The number of hydrogen-bond donors (Lipinski definition) is 2. The van der Waals surface area contributed by atoms with E-state index < -0.39 is 21.4 Å². The molecule has 0 unspecified atom stereocenters. The van der Waals surface area contributed by atoms with Crippen LogP contribution in [0.3, 0.4) is 0 Å². The number of amides is 1. The molecule has 36 heavy (non-hydrogen) atoms. The number of piperidine rings is 1. The largest absolute Gasteiger partial charge is 0.385 e. The van der Waals surface area contributed by atoms with E-state index in [1.165, 1.54) is 35.8 Å². The van der Waals surface area contributed by atoms with E-state index in [4.69, 9.17) is 11.6 Å². The van der Waals surface area contributed by atoms with Crippen LogP contribution in [0.1, 0.15) is 28.8 Å². The summed E-state index contributed by atoms with van der Waals surface area (Å²) in [5.41, 5.74) is 1.67. The molecule has 3 aromatic carbocycles. The molecule has 2 N–H and O–H groups in total. The molecule has 5 rings (SSSR count). The second-order valence-corrected chi connectivity index (χ2v) is 11.5. The Kier molecular flexibility index (Phi) is 6.46. The Hall–Kier alpha value is -3.05. The first-order chi connectivity index (χ1) is 17.2. The molecule has 0 spiro atoms. The van der Waals surface area contributed by atoms with Crippen molar-refractivity contribution in [2.45, 2.75) is 23.3 Å². The summed E-state index contributed by atoms with van der Waals surface area (Å²) in [6.07, 6.45) is 0.701. The molecule has 1 saturated heterocycles. The van der Waals surface area contributed by atoms with Crippen LogP contribution in [-0.4, -0.2) is 42.4 Å². The van der Waals surface area contributed by atoms with Crippen LogP contribution in [0.25, 0.3) is 10.2 Å². The molecular weight excluding hydrogens is 525 g/mol. The Balaban J connectivity index is 1.27. The number of aliphatic hydroxyl groups is 1. The van der Waals surface area contributed by atoms with Crippen molar-refractivity contribution in [2.75, 3.05) is 17.8 Å². The molecule has 1 aliphatic rings. The Morgan fingerprint density at radius 1 is 1.08 bits per heavy atom. The molecule has 186 valence electrons. The third-order valence-electron chi connectivity index (χ3n) is 6.33. The molecule has 0 atom stereocenters. The van der Waals surface area contributed by atoms with Gasteiger partial charge in [-0.25, -0.2) is 17.8 Å². The minimum absolute atomic E-state index is 0.0705. The lowest BCUT2D eigenvalue weighted by atomic mass is 9.84. The predicted octanol–water partition coefficient (Wildman–Crippen LogP) is 5.01. The zero-order valence-corrected chi connectivity index (χ0v) is 21.2. The lowest BCUT2D eigenvalue weighted by Gasteiger charge is -2.39. The maximum absolute atomic E-state index is 13.9. The van der Waals surface area contributed by atoms with E-state index in [0.717, 1.165) is 17.4 Å². The molecule has 11 heteroatoms. The number of aromatic nitrogens is 1. The normalized spacial score (nSPS) is 15.7. The predicted molar refractivity (Wildman–Crippen MR) is 137 cm³/mol. The minimum Gasteiger partial charge on any atom is -0.385 e. The summed E-state index contributed by atoms with van der Waals surface area (Å²) >= 11 is 7.29. The number of likely N-dealkylation sites (tertiary alicyclic amines) is 1. The van der Waals surface area contributed by atoms with Crippen LogP contribution in [0.15, 0.2) is 71.1 Å². The van der Waals surface area contributed by atoms with Gasteiger partial charge in [0.25, 0.3) is 15.9 Å².